The van der Waals surface area contributed by atoms with Crippen LogP contribution < -0.4 is 4.74 Å². The summed E-state index contributed by atoms with van der Waals surface area (Å²) in [7, 11) is 0. The van der Waals surface area contributed by atoms with Crippen LogP contribution in [0.15, 0.2) is 35.7 Å². The monoisotopic (exact) mass is 426 g/mol. The fraction of sp³-hybridized carbons (Fsp3) is 0.500. The highest BCUT2D eigenvalue weighted by Gasteiger charge is 2.38. The number of carbonyl (C=O) groups is 2. The van der Waals surface area contributed by atoms with Crippen LogP contribution in [0.25, 0.3) is 0 Å². The van der Waals surface area contributed by atoms with E-state index in [1.165, 1.54) is 16.0 Å². The summed E-state index contributed by atoms with van der Waals surface area (Å²) in [5, 5.41) is 2.09. The average Bonchev–Trinajstić information content (AvgIpc) is 3.46. The lowest BCUT2D eigenvalue weighted by Gasteiger charge is -2.37. The maximum atomic E-state index is 13.3. The van der Waals surface area contributed by atoms with Gasteiger partial charge in [0.05, 0.1) is 6.04 Å². The topological polar surface area (TPSA) is 49.9 Å². The van der Waals surface area contributed by atoms with Crippen molar-refractivity contribution in [2.75, 3.05) is 19.7 Å². The third kappa shape index (κ3) is 4.53. The van der Waals surface area contributed by atoms with Crippen LogP contribution >= 0.6 is 11.3 Å². The van der Waals surface area contributed by atoms with Gasteiger partial charge in [0.15, 0.2) is 0 Å². The molecule has 1 aliphatic heterocycles. The zero-order valence-corrected chi connectivity index (χ0v) is 18.8. The summed E-state index contributed by atoms with van der Waals surface area (Å²) in [4.78, 5) is 31.0. The predicted molar refractivity (Wildman–Crippen MR) is 119 cm³/mol. The molecular formula is C24H30N2O3S. The molecule has 1 atom stereocenters. The van der Waals surface area contributed by atoms with E-state index in [1.54, 1.807) is 16.2 Å². The summed E-state index contributed by atoms with van der Waals surface area (Å²) in [5.41, 5.74) is 2.37. The Morgan fingerprint density at radius 2 is 1.93 bits per heavy atom. The standard InChI is InChI=1S/C24H30N2O3S/c1-16(2)24(28)26(18-6-7-18)14-23(27)25-12-10-22-20(11-13-30-22)21(25)15-29-19-8-4-17(3)5-9-19/h4-5,8-9,11,13,16,18,21H,6-7,10,12,14-15H2,1-3H3. The molecule has 4 rings (SSSR count). The van der Waals surface area contributed by atoms with Gasteiger partial charge >= 0.3 is 0 Å². The van der Waals surface area contributed by atoms with Crippen molar-refractivity contribution in [3.8, 4) is 5.75 Å². The maximum Gasteiger partial charge on any atom is 0.242 e. The number of amides is 2. The van der Waals surface area contributed by atoms with Gasteiger partial charge in [-0.2, -0.15) is 0 Å². The summed E-state index contributed by atoms with van der Waals surface area (Å²) in [6.07, 6.45) is 2.86. The fourth-order valence-electron chi connectivity index (χ4n) is 4.03. The van der Waals surface area contributed by atoms with Gasteiger partial charge in [-0.3, -0.25) is 9.59 Å². The second-order valence-electron chi connectivity index (χ2n) is 8.63. The first-order valence-electron chi connectivity index (χ1n) is 10.8. The molecule has 0 N–H and O–H groups in total. The first-order valence-corrected chi connectivity index (χ1v) is 11.7. The van der Waals surface area contributed by atoms with E-state index in [4.69, 9.17) is 4.74 Å². The molecule has 2 amide bonds. The van der Waals surface area contributed by atoms with Gasteiger partial charge in [-0.1, -0.05) is 31.5 Å². The number of aryl methyl sites for hydroxylation is 1. The summed E-state index contributed by atoms with van der Waals surface area (Å²) in [6.45, 7) is 7.11. The summed E-state index contributed by atoms with van der Waals surface area (Å²) in [5.74, 6) is 0.811. The molecule has 1 aromatic carbocycles. The lowest BCUT2D eigenvalue weighted by molar-refractivity contribution is -0.144. The van der Waals surface area contributed by atoms with Gasteiger partial charge in [-0.25, -0.2) is 0 Å². The van der Waals surface area contributed by atoms with Crippen molar-refractivity contribution < 1.29 is 14.3 Å². The highest BCUT2D eigenvalue weighted by Crippen LogP contribution is 2.35. The van der Waals surface area contributed by atoms with E-state index in [2.05, 4.69) is 11.4 Å². The van der Waals surface area contributed by atoms with Gasteiger partial charge in [0.1, 0.15) is 18.9 Å². The number of hydrogen-bond donors (Lipinski definition) is 0. The quantitative estimate of drug-likeness (QED) is 0.666. The van der Waals surface area contributed by atoms with Crippen LogP contribution in [0.1, 0.15) is 48.7 Å². The number of fused-ring (bicyclic) bond motifs is 1. The fourth-order valence-corrected chi connectivity index (χ4v) is 4.95. The highest BCUT2D eigenvalue weighted by atomic mass is 32.1. The molecule has 5 nitrogen and oxygen atoms in total. The molecule has 0 bridgehead atoms. The van der Waals surface area contributed by atoms with Crippen molar-refractivity contribution in [3.05, 3.63) is 51.7 Å². The molecule has 0 spiro atoms. The number of nitrogens with zero attached hydrogens (tertiary/aromatic N) is 2. The Hall–Kier alpha value is -2.34. The zero-order valence-electron chi connectivity index (χ0n) is 18.0. The average molecular weight is 427 g/mol. The Labute approximate surface area is 182 Å². The third-order valence-corrected chi connectivity index (χ3v) is 6.91. The van der Waals surface area contributed by atoms with Gasteiger partial charge in [0.25, 0.3) is 0 Å². The Morgan fingerprint density at radius 3 is 2.60 bits per heavy atom. The molecule has 1 aromatic heterocycles. The van der Waals surface area contributed by atoms with Crippen molar-refractivity contribution in [2.24, 2.45) is 5.92 Å². The van der Waals surface area contributed by atoms with Crippen LogP contribution in [0.5, 0.6) is 5.75 Å². The minimum absolute atomic E-state index is 0.0188. The van der Waals surface area contributed by atoms with Gasteiger partial charge in [0, 0.05) is 23.4 Å². The Balaban J connectivity index is 1.50. The van der Waals surface area contributed by atoms with Crippen LogP contribution in [0.2, 0.25) is 0 Å². The minimum atomic E-state index is -0.121. The first kappa shape index (κ1) is 20.9. The number of benzene rings is 1. The van der Waals surface area contributed by atoms with Crippen LogP contribution in [0, 0.1) is 12.8 Å². The van der Waals surface area contributed by atoms with E-state index >= 15 is 0 Å². The lowest BCUT2D eigenvalue weighted by atomic mass is 10.00. The summed E-state index contributed by atoms with van der Waals surface area (Å²) < 4.78 is 6.09. The maximum absolute atomic E-state index is 13.3. The van der Waals surface area contributed by atoms with E-state index in [0.29, 0.717) is 13.2 Å². The molecule has 1 fully saturated rings. The van der Waals surface area contributed by atoms with Gasteiger partial charge in [-0.15, -0.1) is 11.3 Å². The number of rotatable bonds is 7. The van der Waals surface area contributed by atoms with Gasteiger partial charge < -0.3 is 14.5 Å². The van der Waals surface area contributed by atoms with E-state index < -0.39 is 0 Å². The van der Waals surface area contributed by atoms with E-state index in [1.807, 2.05) is 49.9 Å². The van der Waals surface area contributed by atoms with Crippen molar-refractivity contribution in [3.63, 3.8) is 0 Å². The summed E-state index contributed by atoms with van der Waals surface area (Å²) in [6, 6.07) is 10.2. The molecule has 2 aromatic rings. The van der Waals surface area contributed by atoms with E-state index in [-0.39, 0.29) is 36.4 Å². The van der Waals surface area contributed by atoms with Crippen LogP contribution in [-0.4, -0.2) is 47.4 Å². The largest absolute Gasteiger partial charge is 0.491 e. The second-order valence-corrected chi connectivity index (χ2v) is 9.63. The van der Waals surface area contributed by atoms with Crippen LogP contribution in [-0.2, 0) is 16.0 Å². The molecule has 160 valence electrons. The van der Waals surface area contributed by atoms with Crippen molar-refractivity contribution in [1.82, 2.24) is 9.80 Å². The van der Waals surface area contributed by atoms with Crippen molar-refractivity contribution in [2.45, 2.75) is 52.1 Å². The number of carbonyl (C=O) groups excluding carboxylic acids is 2. The van der Waals surface area contributed by atoms with Crippen molar-refractivity contribution in [1.29, 1.82) is 0 Å². The smallest absolute Gasteiger partial charge is 0.242 e. The van der Waals surface area contributed by atoms with E-state index in [0.717, 1.165) is 25.0 Å². The molecule has 30 heavy (non-hydrogen) atoms. The van der Waals surface area contributed by atoms with E-state index in [9.17, 15) is 9.59 Å². The molecule has 6 heteroatoms. The SMILES string of the molecule is Cc1ccc(OCC2c3ccsc3CCN2C(=O)CN(C(=O)C(C)C)C2CC2)cc1. The second kappa shape index (κ2) is 8.80. The van der Waals surface area contributed by atoms with Gasteiger partial charge in [0.2, 0.25) is 11.8 Å². The molecular weight excluding hydrogens is 396 g/mol. The van der Waals surface area contributed by atoms with Crippen LogP contribution in [0.3, 0.4) is 0 Å². The highest BCUT2D eigenvalue weighted by molar-refractivity contribution is 7.10. The first-order chi connectivity index (χ1) is 14.4. The number of thiophene rings is 1. The Bertz CT molecular complexity index is 901. The molecule has 2 heterocycles. The summed E-state index contributed by atoms with van der Waals surface area (Å²) >= 11 is 1.75. The van der Waals surface area contributed by atoms with Crippen LogP contribution in [0.4, 0.5) is 0 Å². The predicted octanol–water partition coefficient (Wildman–Crippen LogP) is 4.21. The Morgan fingerprint density at radius 1 is 1.20 bits per heavy atom. The zero-order chi connectivity index (χ0) is 21.3. The molecule has 1 unspecified atom stereocenters. The Kier molecular flexibility index (Phi) is 6.14. The third-order valence-electron chi connectivity index (χ3n) is 5.91. The number of ether oxygens (including phenoxy) is 1. The molecule has 0 saturated heterocycles. The molecule has 1 saturated carbocycles. The lowest BCUT2D eigenvalue weighted by Crippen LogP contribution is -2.49. The molecule has 2 aliphatic rings. The normalized spacial score (nSPS) is 18.3. The van der Waals surface area contributed by atoms with Crippen molar-refractivity contribution >= 4 is 23.2 Å². The molecule has 0 radical (unpaired) electrons. The number of hydrogen-bond acceptors (Lipinski definition) is 4. The van der Waals surface area contributed by atoms with Gasteiger partial charge in [-0.05, 0) is 55.3 Å². The minimum Gasteiger partial charge on any atom is -0.491 e. The molecule has 1 aliphatic carbocycles.